The molecule has 3 rings (SSSR count). The Balaban J connectivity index is 0.00000363. The molecule has 1 fully saturated rings. The van der Waals surface area contributed by atoms with E-state index in [0.717, 1.165) is 64.2 Å². The number of halogens is 1. The Hall–Kier alpha value is -1.35. The number of likely N-dealkylation sites (tertiary alicyclic amines) is 1. The lowest BCUT2D eigenvalue weighted by atomic mass is 9.79. The van der Waals surface area contributed by atoms with Gasteiger partial charge >= 0.3 is 0 Å². The van der Waals surface area contributed by atoms with Gasteiger partial charge in [0.25, 0.3) is 0 Å². The van der Waals surface area contributed by atoms with E-state index in [9.17, 15) is 9.90 Å². The molecule has 1 unspecified atom stereocenters. The van der Waals surface area contributed by atoms with Gasteiger partial charge in [-0.3, -0.25) is 9.79 Å². The molecule has 2 aliphatic rings. The number of nitrogens with one attached hydrogen (secondary N) is 1. The summed E-state index contributed by atoms with van der Waals surface area (Å²) < 4.78 is 0. The third-order valence-electron chi connectivity index (χ3n) is 7.29. The second-order valence-electron chi connectivity index (χ2n) is 8.99. The van der Waals surface area contributed by atoms with E-state index in [2.05, 4.69) is 55.3 Å². The number of carbonyl (C=O) groups is 1. The van der Waals surface area contributed by atoms with Crippen molar-refractivity contribution in [3.8, 4) is 0 Å². The maximum absolute atomic E-state index is 12.0. The van der Waals surface area contributed by atoms with Crippen LogP contribution in [-0.4, -0.2) is 61.2 Å². The van der Waals surface area contributed by atoms with Crippen molar-refractivity contribution in [2.75, 3.05) is 44.2 Å². The molecule has 1 atom stereocenters. The van der Waals surface area contributed by atoms with Gasteiger partial charge in [0.2, 0.25) is 5.91 Å². The van der Waals surface area contributed by atoms with Gasteiger partial charge in [-0.25, -0.2) is 0 Å². The van der Waals surface area contributed by atoms with E-state index in [1.807, 2.05) is 4.90 Å². The summed E-state index contributed by atoms with van der Waals surface area (Å²) >= 11 is 0. The lowest BCUT2D eigenvalue weighted by Crippen LogP contribution is -2.42. The van der Waals surface area contributed by atoms with Crippen LogP contribution in [0.4, 0.5) is 5.69 Å². The minimum atomic E-state index is 0. The van der Waals surface area contributed by atoms with E-state index < -0.39 is 0 Å². The van der Waals surface area contributed by atoms with Gasteiger partial charge in [0, 0.05) is 57.4 Å². The molecule has 0 aromatic heterocycles. The Morgan fingerprint density at radius 1 is 1.25 bits per heavy atom. The maximum Gasteiger partial charge on any atom is 0.222 e. The molecule has 2 heterocycles. The fourth-order valence-corrected chi connectivity index (χ4v) is 4.98. The molecule has 32 heavy (non-hydrogen) atoms. The van der Waals surface area contributed by atoms with Crippen molar-refractivity contribution in [2.45, 2.75) is 65.2 Å². The standard InChI is InChI=1S/C25H40N4O2.HI/c1-4-25(5-2,14-17-30)19-27-24(26-6-3)29-18-20(21-10-7-8-11-22(21)29)13-16-28-15-9-12-23(28)31;/h7-8,10-11,20,30H,4-6,9,12-19H2,1-3H3,(H,26,27);1H. The highest BCUT2D eigenvalue weighted by Crippen LogP contribution is 2.38. The Morgan fingerprint density at radius 3 is 2.62 bits per heavy atom. The summed E-state index contributed by atoms with van der Waals surface area (Å²) in [6.07, 6.45) is 5.48. The van der Waals surface area contributed by atoms with Gasteiger partial charge in [-0.05, 0) is 56.1 Å². The number of nitrogens with zero attached hydrogens (tertiary/aromatic N) is 3. The molecule has 0 spiro atoms. The summed E-state index contributed by atoms with van der Waals surface area (Å²) in [5.41, 5.74) is 2.62. The van der Waals surface area contributed by atoms with Gasteiger partial charge in [0.1, 0.15) is 0 Å². The number of benzene rings is 1. The average molecular weight is 557 g/mol. The molecule has 1 amide bonds. The van der Waals surface area contributed by atoms with Crippen LogP contribution in [0.25, 0.3) is 0 Å². The zero-order valence-corrected chi connectivity index (χ0v) is 22.3. The van der Waals surface area contributed by atoms with E-state index in [1.54, 1.807) is 0 Å². The fraction of sp³-hybridized carbons (Fsp3) is 0.680. The molecule has 0 bridgehead atoms. The van der Waals surface area contributed by atoms with Crippen molar-refractivity contribution in [1.82, 2.24) is 10.2 Å². The van der Waals surface area contributed by atoms with E-state index in [-0.39, 0.29) is 36.0 Å². The number of hydrogen-bond donors (Lipinski definition) is 2. The van der Waals surface area contributed by atoms with E-state index in [4.69, 9.17) is 4.99 Å². The van der Waals surface area contributed by atoms with Crippen molar-refractivity contribution in [2.24, 2.45) is 10.4 Å². The third kappa shape index (κ3) is 6.16. The molecule has 180 valence electrons. The van der Waals surface area contributed by atoms with Gasteiger partial charge < -0.3 is 20.2 Å². The van der Waals surface area contributed by atoms with Crippen molar-refractivity contribution in [3.05, 3.63) is 29.8 Å². The predicted molar refractivity (Wildman–Crippen MR) is 143 cm³/mol. The summed E-state index contributed by atoms with van der Waals surface area (Å²) in [6.45, 7) is 10.9. The first kappa shape index (κ1) is 26.9. The molecule has 1 aromatic carbocycles. The predicted octanol–water partition coefficient (Wildman–Crippen LogP) is 4.38. The SMILES string of the molecule is CCNC(=NCC(CC)(CC)CCO)N1CC(CCN2CCCC2=O)c2ccccc21.I. The van der Waals surface area contributed by atoms with Crippen LogP contribution >= 0.6 is 24.0 Å². The highest BCUT2D eigenvalue weighted by atomic mass is 127. The molecule has 7 heteroatoms. The minimum absolute atomic E-state index is 0. The monoisotopic (exact) mass is 556 g/mol. The first-order valence-electron chi connectivity index (χ1n) is 12.1. The first-order valence-corrected chi connectivity index (χ1v) is 12.1. The van der Waals surface area contributed by atoms with Crippen LogP contribution in [0, 0.1) is 5.41 Å². The zero-order chi connectivity index (χ0) is 22.3. The summed E-state index contributed by atoms with van der Waals surface area (Å²) in [7, 11) is 0. The Kier molecular flexibility index (Phi) is 10.7. The zero-order valence-electron chi connectivity index (χ0n) is 20.0. The summed E-state index contributed by atoms with van der Waals surface area (Å²) in [5, 5.41) is 13.1. The number of amides is 1. The molecule has 6 nitrogen and oxygen atoms in total. The van der Waals surface area contributed by atoms with Gasteiger partial charge in [0.05, 0.1) is 0 Å². The van der Waals surface area contributed by atoms with Crippen molar-refractivity contribution < 1.29 is 9.90 Å². The number of aliphatic imine (C=N–C) groups is 1. The van der Waals surface area contributed by atoms with E-state index >= 15 is 0 Å². The number of fused-ring (bicyclic) bond motifs is 1. The Morgan fingerprint density at radius 2 is 2.00 bits per heavy atom. The highest BCUT2D eigenvalue weighted by Gasteiger charge is 2.33. The van der Waals surface area contributed by atoms with Crippen LogP contribution in [0.3, 0.4) is 0 Å². The smallest absolute Gasteiger partial charge is 0.222 e. The number of anilines is 1. The van der Waals surface area contributed by atoms with Crippen LogP contribution in [0.2, 0.25) is 0 Å². The second kappa shape index (κ2) is 12.8. The second-order valence-corrected chi connectivity index (χ2v) is 8.99. The number of aliphatic hydroxyl groups is 1. The van der Waals surface area contributed by atoms with E-state index in [1.165, 1.54) is 11.3 Å². The number of hydrogen-bond acceptors (Lipinski definition) is 3. The van der Waals surface area contributed by atoms with Crippen LogP contribution in [0.1, 0.15) is 70.8 Å². The highest BCUT2D eigenvalue weighted by molar-refractivity contribution is 14.0. The average Bonchev–Trinajstić information content (AvgIpc) is 3.37. The molecule has 2 aliphatic heterocycles. The Labute approximate surface area is 210 Å². The Bertz CT molecular complexity index is 766. The summed E-state index contributed by atoms with van der Waals surface area (Å²) in [4.78, 5) is 21.5. The largest absolute Gasteiger partial charge is 0.396 e. The van der Waals surface area contributed by atoms with Crippen LogP contribution in [-0.2, 0) is 4.79 Å². The molecular formula is C25H41IN4O2. The molecular weight excluding hydrogens is 515 g/mol. The molecule has 0 aliphatic carbocycles. The van der Waals surface area contributed by atoms with Crippen molar-refractivity contribution in [3.63, 3.8) is 0 Å². The molecule has 1 aromatic rings. The van der Waals surface area contributed by atoms with Crippen LogP contribution in [0.5, 0.6) is 0 Å². The summed E-state index contributed by atoms with van der Waals surface area (Å²) in [6, 6.07) is 8.62. The number of guanidine groups is 1. The normalized spacial score (nSPS) is 18.7. The fourth-order valence-electron chi connectivity index (χ4n) is 4.98. The number of carbonyl (C=O) groups excluding carboxylic acids is 1. The lowest BCUT2D eigenvalue weighted by Gasteiger charge is -2.31. The number of aliphatic hydroxyl groups excluding tert-OH is 1. The van der Waals surface area contributed by atoms with Gasteiger partial charge in [0.15, 0.2) is 5.96 Å². The molecule has 1 saturated heterocycles. The topological polar surface area (TPSA) is 68.2 Å². The third-order valence-corrected chi connectivity index (χ3v) is 7.29. The molecule has 0 radical (unpaired) electrons. The first-order chi connectivity index (χ1) is 15.1. The number of para-hydroxylation sites is 1. The van der Waals surface area contributed by atoms with Crippen LogP contribution in [0.15, 0.2) is 29.3 Å². The quantitative estimate of drug-likeness (QED) is 0.255. The van der Waals surface area contributed by atoms with E-state index in [0.29, 0.717) is 24.8 Å². The molecule has 2 N–H and O–H groups in total. The minimum Gasteiger partial charge on any atom is -0.396 e. The summed E-state index contributed by atoms with van der Waals surface area (Å²) in [5.74, 6) is 1.63. The molecule has 0 saturated carbocycles. The van der Waals surface area contributed by atoms with Gasteiger partial charge in [-0.15, -0.1) is 24.0 Å². The van der Waals surface area contributed by atoms with Crippen molar-refractivity contribution in [1.29, 1.82) is 0 Å². The lowest BCUT2D eigenvalue weighted by molar-refractivity contribution is -0.127. The number of rotatable bonds is 10. The van der Waals surface area contributed by atoms with Gasteiger partial charge in [-0.2, -0.15) is 0 Å². The maximum atomic E-state index is 12.0. The van der Waals surface area contributed by atoms with Crippen LogP contribution < -0.4 is 10.2 Å². The van der Waals surface area contributed by atoms with Crippen molar-refractivity contribution >= 4 is 41.5 Å². The van der Waals surface area contributed by atoms with Gasteiger partial charge in [-0.1, -0.05) is 32.0 Å².